The van der Waals surface area contributed by atoms with E-state index < -0.39 is 17.7 Å². The fourth-order valence-corrected chi connectivity index (χ4v) is 1.67. The van der Waals surface area contributed by atoms with Gasteiger partial charge in [-0.25, -0.2) is 14.8 Å². The second-order valence-electron chi connectivity index (χ2n) is 5.14. The Labute approximate surface area is 117 Å². The minimum Gasteiger partial charge on any atom is -0.444 e. The molecule has 0 spiro atoms. The summed E-state index contributed by atoms with van der Waals surface area (Å²) < 4.78 is 5.17. The van der Waals surface area contributed by atoms with Crippen LogP contribution in [-0.2, 0) is 4.74 Å². The molecule has 0 fully saturated rings. The summed E-state index contributed by atoms with van der Waals surface area (Å²) in [7, 11) is 0. The third-order valence-electron chi connectivity index (χ3n) is 2.13. The van der Waals surface area contributed by atoms with E-state index in [1.54, 1.807) is 33.8 Å². The molecule has 1 atom stereocenters. The highest BCUT2D eigenvalue weighted by Gasteiger charge is 2.21. The quantitative estimate of drug-likeness (QED) is 0.829. The summed E-state index contributed by atoms with van der Waals surface area (Å²) >= 11 is 5.79. The van der Waals surface area contributed by atoms with Crippen LogP contribution >= 0.6 is 11.6 Å². The topological polar surface area (TPSA) is 90.1 Å². The van der Waals surface area contributed by atoms with Crippen LogP contribution in [0.2, 0.25) is 5.28 Å². The molecule has 0 saturated carbocycles. The van der Waals surface area contributed by atoms with Crippen LogP contribution in [0.3, 0.4) is 0 Å². The van der Waals surface area contributed by atoms with Gasteiger partial charge in [0, 0.05) is 12.2 Å². The molecule has 1 aromatic rings. The first kappa shape index (κ1) is 15.7. The number of carbonyl (C=O) groups is 1. The summed E-state index contributed by atoms with van der Waals surface area (Å²) in [4.78, 5) is 19.7. The Bertz CT molecular complexity index is 439. The van der Waals surface area contributed by atoms with Crippen molar-refractivity contribution in [2.24, 2.45) is 5.73 Å². The predicted molar refractivity (Wildman–Crippen MR) is 72.9 cm³/mol. The van der Waals surface area contributed by atoms with E-state index in [0.29, 0.717) is 11.4 Å². The maximum Gasteiger partial charge on any atom is 0.408 e. The molecule has 0 radical (unpaired) electrons. The molecule has 106 valence electrons. The van der Waals surface area contributed by atoms with Gasteiger partial charge in [0.05, 0.1) is 11.7 Å². The van der Waals surface area contributed by atoms with Crippen molar-refractivity contribution in [3.8, 4) is 0 Å². The monoisotopic (exact) mass is 286 g/mol. The van der Waals surface area contributed by atoms with Gasteiger partial charge in [-0.15, -0.1) is 0 Å². The molecule has 0 bridgehead atoms. The van der Waals surface area contributed by atoms with Crippen LogP contribution in [0.4, 0.5) is 4.79 Å². The fourth-order valence-electron chi connectivity index (χ4n) is 1.44. The van der Waals surface area contributed by atoms with Gasteiger partial charge in [-0.1, -0.05) is 0 Å². The zero-order chi connectivity index (χ0) is 14.6. The molecule has 7 heteroatoms. The molecule has 0 aliphatic carbocycles. The number of alkyl carbamates (subject to hydrolysis) is 1. The first-order valence-corrected chi connectivity index (χ1v) is 6.29. The molecule has 0 aliphatic rings. The normalized spacial score (nSPS) is 12.9. The fraction of sp³-hybridized carbons (Fsp3) is 0.583. The Kier molecular flexibility index (Phi) is 5.08. The molecule has 6 nitrogen and oxygen atoms in total. The highest BCUT2D eigenvalue weighted by Crippen LogP contribution is 2.14. The molecule has 3 N–H and O–H groups in total. The lowest BCUT2D eigenvalue weighted by Gasteiger charge is -2.22. The maximum atomic E-state index is 11.7. The van der Waals surface area contributed by atoms with Crippen LogP contribution in [0.25, 0.3) is 0 Å². The van der Waals surface area contributed by atoms with Crippen molar-refractivity contribution in [1.29, 1.82) is 0 Å². The van der Waals surface area contributed by atoms with Crippen LogP contribution < -0.4 is 11.1 Å². The number of nitrogens with zero attached hydrogens (tertiary/aromatic N) is 2. The lowest BCUT2D eigenvalue weighted by atomic mass is 10.2. The summed E-state index contributed by atoms with van der Waals surface area (Å²) in [6.07, 6.45) is -0.546. The molecule has 1 rings (SSSR count). The van der Waals surface area contributed by atoms with Gasteiger partial charge in [-0.3, -0.25) is 0 Å². The first-order chi connectivity index (χ1) is 8.71. The van der Waals surface area contributed by atoms with Crippen molar-refractivity contribution < 1.29 is 9.53 Å². The number of nitrogens with two attached hydrogens (primary N) is 1. The number of halogens is 1. The molecule has 1 heterocycles. The van der Waals surface area contributed by atoms with Gasteiger partial charge in [-0.2, -0.15) is 0 Å². The highest BCUT2D eigenvalue weighted by atomic mass is 35.5. The third kappa shape index (κ3) is 5.40. The Morgan fingerprint density at radius 3 is 2.63 bits per heavy atom. The van der Waals surface area contributed by atoms with Gasteiger partial charge < -0.3 is 15.8 Å². The second-order valence-corrected chi connectivity index (χ2v) is 5.48. The zero-order valence-electron chi connectivity index (χ0n) is 11.5. The van der Waals surface area contributed by atoms with Gasteiger partial charge in [0.1, 0.15) is 5.60 Å². The molecule has 1 aromatic heterocycles. The number of rotatable bonds is 3. The van der Waals surface area contributed by atoms with E-state index in [0.717, 1.165) is 0 Å². The van der Waals surface area contributed by atoms with E-state index in [9.17, 15) is 4.79 Å². The minimum atomic E-state index is -0.567. The molecular weight excluding hydrogens is 268 g/mol. The number of carbonyl (C=O) groups excluding carboxylic acids is 1. The van der Waals surface area contributed by atoms with Gasteiger partial charge in [0.2, 0.25) is 5.28 Å². The average molecular weight is 287 g/mol. The standard InChI is InChI=1S/C12H19ClN4O2/c1-7-5-8(16-10(13)15-7)9(6-14)17-11(18)19-12(2,3)4/h5,9H,6,14H2,1-4H3,(H,17,18). The van der Waals surface area contributed by atoms with Crippen LogP contribution in [0, 0.1) is 6.92 Å². The van der Waals surface area contributed by atoms with Crippen molar-refractivity contribution in [2.45, 2.75) is 39.3 Å². The minimum absolute atomic E-state index is 0.124. The van der Waals surface area contributed by atoms with Crippen molar-refractivity contribution in [3.63, 3.8) is 0 Å². The molecule has 19 heavy (non-hydrogen) atoms. The summed E-state index contributed by atoms with van der Waals surface area (Å²) in [5, 5.41) is 2.78. The van der Waals surface area contributed by atoms with Crippen molar-refractivity contribution in [1.82, 2.24) is 15.3 Å². The van der Waals surface area contributed by atoms with E-state index in [2.05, 4.69) is 15.3 Å². The van der Waals surface area contributed by atoms with Crippen LogP contribution in [-0.4, -0.2) is 28.2 Å². The molecule has 0 saturated heterocycles. The molecule has 0 aliphatic heterocycles. The van der Waals surface area contributed by atoms with Crippen LogP contribution in [0.1, 0.15) is 38.2 Å². The smallest absolute Gasteiger partial charge is 0.408 e. The van der Waals surface area contributed by atoms with E-state index in [1.807, 2.05) is 0 Å². The molecule has 1 unspecified atom stereocenters. The van der Waals surface area contributed by atoms with Gasteiger partial charge in [0.25, 0.3) is 0 Å². The largest absolute Gasteiger partial charge is 0.444 e. The SMILES string of the molecule is Cc1cc(C(CN)NC(=O)OC(C)(C)C)nc(Cl)n1. The van der Waals surface area contributed by atoms with Gasteiger partial charge in [-0.05, 0) is 45.4 Å². The lowest BCUT2D eigenvalue weighted by molar-refractivity contribution is 0.0504. The lowest BCUT2D eigenvalue weighted by Crippen LogP contribution is -2.38. The second kappa shape index (κ2) is 6.16. The van der Waals surface area contributed by atoms with Crippen molar-refractivity contribution in [3.05, 3.63) is 22.7 Å². The number of hydrogen-bond acceptors (Lipinski definition) is 5. The van der Waals surface area contributed by atoms with Crippen molar-refractivity contribution in [2.75, 3.05) is 6.54 Å². The number of hydrogen-bond donors (Lipinski definition) is 2. The third-order valence-corrected chi connectivity index (χ3v) is 2.30. The molecule has 0 aromatic carbocycles. The number of aromatic nitrogens is 2. The van der Waals surface area contributed by atoms with E-state index in [-0.39, 0.29) is 11.8 Å². The predicted octanol–water partition coefficient (Wildman–Crippen LogP) is 1.96. The Morgan fingerprint density at radius 2 is 2.16 bits per heavy atom. The van der Waals surface area contributed by atoms with E-state index >= 15 is 0 Å². The number of amides is 1. The van der Waals surface area contributed by atoms with Gasteiger partial charge >= 0.3 is 6.09 Å². The van der Waals surface area contributed by atoms with Crippen LogP contribution in [0.5, 0.6) is 0 Å². The Balaban J connectivity index is 2.81. The number of aryl methyl sites for hydroxylation is 1. The molecular formula is C12H19ClN4O2. The maximum absolute atomic E-state index is 11.7. The van der Waals surface area contributed by atoms with Crippen LogP contribution in [0.15, 0.2) is 6.07 Å². The first-order valence-electron chi connectivity index (χ1n) is 5.92. The zero-order valence-corrected chi connectivity index (χ0v) is 12.3. The average Bonchev–Trinajstić information content (AvgIpc) is 2.21. The van der Waals surface area contributed by atoms with Crippen molar-refractivity contribution >= 4 is 17.7 Å². The highest BCUT2D eigenvalue weighted by molar-refractivity contribution is 6.28. The number of nitrogens with one attached hydrogen (secondary N) is 1. The Morgan fingerprint density at radius 1 is 1.53 bits per heavy atom. The summed E-state index contributed by atoms with van der Waals surface area (Å²) in [5.74, 6) is 0. The Hall–Kier alpha value is -1.40. The summed E-state index contributed by atoms with van der Waals surface area (Å²) in [6, 6.07) is 1.26. The summed E-state index contributed by atoms with van der Waals surface area (Å²) in [6.45, 7) is 7.34. The van der Waals surface area contributed by atoms with E-state index in [4.69, 9.17) is 22.1 Å². The summed E-state index contributed by atoms with van der Waals surface area (Å²) in [5.41, 5.74) is 6.35. The number of ether oxygens (including phenoxy) is 1. The van der Waals surface area contributed by atoms with E-state index in [1.165, 1.54) is 0 Å². The molecule has 1 amide bonds. The van der Waals surface area contributed by atoms with Gasteiger partial charge in [0.15, 0.2) is 0 Å².